The molecule has 0 radical (unpaired) electrons. The first kappa shape index (κ1) is 23.6. The van der Waals surface area contributed by atoms with Crippen LogP contribution < -0.4 is 16.4 Å². The molecule has 1 aromatic rings. The van der Waals surface area contributed by atoms with Gasteiger partial charge < -0.3 is 16.4 Å². The summed E-state index contributed by atoms with van der Waals surface area (Å²) in [5.41, 5.74) is 6.63. The highest BCUT2D eigenvalue weighted by Crippen LogP contribution is 2.14. The summed E-state index contributed by atoms with van der Waals surface area (Å²) in [7, 11) is 0. The van der Waals surface area contributed by atoms with Crippen LogP contribution in [-0.4, -0.2) is 37.8 Å². The van der Waals surface area contributed by atoms with Gasteiger partial charge in [0.25, 0.3) is 5.91 Å². The molecule has 0 aromatic heterocycles. The van der Waals surface area contributed by atoms with Gasteiger partial charge in [0, 0.05) is 6.04 Å². The lowest BCUT2D eigenvalue weighted by Crippen LogP contribution is -2.53. The first-order valence-electron chi connectivity index (χ1n) is 8.81. The number of unbranched alkanes of at least 4 members (excludes halogenated alkanes) is 1. The highest BCUT2D eigenvalue weighted by atomic mass is 127. The molecular weight excluding hydrogens is 558 g/mol. The maximum absolute atomic E-state index is 12.9. The molecule has 0 aliphatic heterocycles. The number of nitrogens with zero attached hydrogens (tertiary/aromatic N) is 1. The summed E-state index contributed by atoms with van der Waals surface area (Å²) < 4.78 is 1.46. The summed E-state index contributed by atoms with van der Waals surface area (Å²) in [6.07, 6.45) is 2.80. The van der Waals surface area contributed by atoms with Crippen LogP contribution in [0.2, 0.25) is 0 Å². The van der Waals surface area contributed by atoms with Gasteiger partial charge in [-0.15, -0.1) is 0 Å². The average Bonchev–Trinajstić information content (AvgIpc) is 2.60. The number of halogens is 2. The van der Waals surface area contributed by atoms with Crippen LogP contribution in [0.1, 0.15) is 38.7 Å². The first-order valence-corrected chi connectivity index (χ1v) is 10.7. The zero-order valence-electron chi connectivity index (χ0n) is 15.3. The maximum atomic E-state index is 12.9. The van der Waals surface area contributed by atoms with Crippen molar-refractivity contribution in [3.05, 3.63) is 35.9 Å². The van der Waals surface area contributed by atoms with Gasteiger partial charge in [0.05, 0.1) is 51.8 Å². The van der Waals surface area contributed by atoms with Gasteiger partial charge in [-0.25, -0.2) is 1.33 Å². The van der Waals surface area contributed by atoms with Gasteiger partial charge in [-0.05, 0) is 37.8 Å². The first-order chi connectivity index (χ1) is 12.3. The van der Waals surface area contributed by atoms with Crippen molar-refractivity contribution < 1.29 is 9.59 Å². The second-order valence-electron chi connectivity index (χ2n) is 6.48. The predicted molar refractivity (Wildman–Crippen MR) is 122 cm³/mol. The number of nitrogens with one attached hydrogen (secondary N) is 2. The van der Waals surface area contributed by atoms with Crippen molar-refractivity contribution in [2.24, 2.45) is 5.73 Å². The maximum Gasteiger partial charge on any atom is 0.262 e. The number of nitrogens with two attached hydrogens (primary N) is 1. The van der Waals surface area contributed by atoms with E-state index >= 15 is 0 Å². The van der Waals surface area contributed by atoms with Crippen LogP contribution in [0.15, 0.2) is 30.3 Å². The zero-order valence-corrected chi connectivity index (χ0v) is 19.6. The number of rotatable bonds is 11. The molecule has 0 unspecified atom stereocenters. The van der Waals surface area contributed by atoms with Crippen molar-refractivity contribution in [1.29, 1.82) is 0 Å². The van der Waals surface area contributed by atoms with Gasteiger partial charge in [0.1, 0.15) is 6.04 Å². The lowest BCUT2D eigenvalue weighted by Gasteiger charge is -2.25. The third-order valence-electron chi connectivity index (χ3n) is 3.86. The van der Waals surface area contributed by atoms with Gasteiger partial charge in [-0.3, -0.25) is 9.59 Å². The number of amides is 2. The van der Waals surface area contributed by atoms with Gasteiger partial charge >= 0.3 is 0 Å². The summed E-state index contributed by atoms with van der Waals surface area (Å²) in [5, 5.41) is 6.25. The molecule has 8 heteroatoms. The van der Waals surface area contributed by atoms with Gasteiger partial charge in [0.2, 0.25) is 5.91 Å². The number of hydrogen-bond acceptors (Lipinski definition) is 4. The quantitative estimate of drug-likeness (QED) is 0.212. The number of carbonyl (C=O) groups excluding carboxylic acids is 2. The summed E-state index contributed by atoms with van der Waals surface area (Å²) in [4.78, 5) is 25.3. The molecule has 0 bridgehead atoms. The summed E-state index contributed by atoms with van der Waals surface area (Å²) >= 11 is 3.85. The zero-order chi connectivity index (χ0) is 19.5. The molecule has 1 aromatic carbocycles. The molecule has 4 N–H and O–H groups in total. The monoisotopic (exact) mass is 586 g/mol. The second-order valence-corrected chi connectivity index (χ2v) is 10.3. The Hall–Kier alpha value is -0.460. The van der Waals surface area contributed by atoms with Crippen molar-refractivity contribution in [3.8, 4) is 0 Å². The predicted octanol–water partition coefficient (Wildman–Crippen LogP) is 2.74. The number of benzene rings is 1. The molecular formula is C18H28I2N4O2. The van der Waals surface area contributed by atoms with Gasteiger partial charge in [-0.1, -0.05) is 44.2 Å². The van der Waals surface area contributed by atoms with E-state index in [0.717, 1.165) is 18.4 Å². The molecule has 0 heterocycles. The van der Waals surface area contributed by atoms with E-state index in [0.29, 0.717) is 19.4 Å². The third-order valence-corrected chi connectivity index (χ3v) is 4.81. The van der Waals surface area contributed by atoms with Crippen molar-refractivity contribution in [3.63, 3.8) is 0 Å². The molecule has 146 valence electrons. The Morgan fingerprint density at radius 2 is 1.77 bits per heavy atom. The van der Waals surface area contributed by atoms with Crippen molar-refractivity contribution in [2.45, 2.75) is 57.7 Å². The van der Waals surface area contributed by atoms with E-state index in [2.05, 4.69) is 10.6 Å². The number of hydrogen-bond donors (Lipinski definition) is 3. The van der Waals surface area contributed by atoms with E-state index in [1.807, 2.05) is 89.9 Å². The highest BCUT2D eigenvalue weighted by molar-refractivity contribution is 14.2. The van der Waals surface area contributed by atoms with E-state index in [9.17, 15) is 9.59 Å². The second kappa shape index (κ2) is 12.8. The Morgan fingerprint density at radius 1 is 1.12 bits per heavy atom. The molecule has 0 spiro atoms. The molecule has 0 saturated carbocycles. The van der Waals surface area contributed by atoms with Gasteiger partial charge in [0.15, 0.2) is 0 Å². The molecule has 0 aliphatic rings. The van der Waals surface area contributed by atoms with Crippen LogP contribution in [-0.2, 0) is 16.0 Å². The third kappa shape index (κ3) is 8.96. The van der Waals surface area contributed by atoms with Crippen molar-refractivity contribution in [2.75, 3.05) is 6.54 Å². The standard InChI is InChI=1S/C18H28I2N4O2/c1-13(2)22-16(12-14-8-4-3-5-9-14)17(25)23-15(10-6-7-11-21)18(26)24(19)20/h3-5,8-9,13,15-16,22H,6-7,10-12,21H2,1-2H3,(H,23,25)/t15-,16-/m0/s1. The van der Waals surface area contributed by atoms with Crippen LogP contribution in [0.25, 0.3) is 0 Å². The fourth-order valence-corrected chi connectivity index (χ4v) is 3.29. The molecule has 1 rings (SSSR count). The Balaban J connectivity index is 2.83. The molecule has 0 saturated heterocycles. The van der Waals surface area contributed by atoms with E-state index in [1.54, 1.807) is 0 Å². The SMILES string of the molecule is CC(C)N[C@@H](Cc1ccccc1)C(=O)N[C@@H](CCCCN)C(=O)N(I)I. The minimum Gasteiger partial charge on any atom is -0.343 e. The molecule has 6 nitrogen and oxygen atoms in total. The molecule has 2 atom stereocenters. The Bertz CT molecular complexity index is 555. The minimum atomic E-state index is -0.532. The van der Waals surface area contributed by atoms with Crippen LogP contribution in [0.5, 0.6) is 0 Å². The van der Waals surface area contributed by atoms with Crippen LogP contribution in [0.4, 0.5) is 0 Å². The van der Waals surface area contributed by atoms with Crippen LogP contribution in [0.3, 0.4) is 0 Å². The molecule has 26 heavy (non-hydrogen) atoms. The summed E-state index contributed by atoms with van der Waals surface area (Å²) in [6, 6.07) is 9.12. The van der Waals surface area contributed by atoms with Crippen molar-refractivity contribution in [1.82, 2.24) is 12.0 Å². The summed E-state index contributed by atoms with van der Waals surface area (Å²) in [6.45, 7) is 4.59. The minimum absolute atomic E-state index is 0.112. The van der Waals surface area contributed by atoms with E-state index in [1.165, 1.54) is 1.33 Å². The van der Waals surface area contributed by atoms with E-state index in [-0.39, 0.29) is 23.9 Å². The van der Waals surface area contributed by atoms with E-state index in [4.69, 9.17) is 5.73 Å². The smallest absolute Gasteiger partial charge is 0.262 e. The Morgan fingerprint density at radius 3 is 2.31 bits per heavy atom. The van der Waals surface area contributed by atoms with Crippen LogP contribution in [0, 0.1) is 0 Å². The normalized spacial score (nSPS) is 13.3. The fourth-order valence-electron chi connectivity index (χ4n) is 2.62. The molecule has 0 aliphatic carbocycles. The van der Waals surface area contributed by atoms with Crippen LogP contribution >= 0.6 is 45.7 Å². The van der Waals surface area contributed by atoms with Gasteiger partial charge in [-0.2, -0.15) is 0 Å². The topological polar surface area (TPSA) is 87.5 Å². The van der Waals surface area contributed by atoms with Crippen molar-refractivity contribution >= 4 is 57.5 Å². The lowest BCUT2D eigenvalue weighted by molar-refractivity contribution is -0.130. The van der Waals surface area contributed by atoms with E-state index < -0.39 is 6.04 Å². The summed E-state index contributed by atoms with van der Waals surface area (Å²) in [5.74, 6) is -0.261. The number of carbonyl (C=O) groups is 2. The molecule has 2 amide bonds. The molecule has 0 fully saturated rings. The average molecular weight is 586 g/mol. The Labute approximate surface area is 184 Å². The Kier molecular flexibility index (Phi) is 11.6. The highest BCUT2D eigenvalue weighted by Gasteiger charge is 2.27. The lowest BCUT2D eigenvalue weighted by atomic mass is 10.0. The largest absolute Gasteiger partial charge is 0.343 e. The fraction of sp³-hybridized carbons (Fsp3) is 0.556.